The van der Waals surface area contributed by atoms with Gasteiger partial charge in [-0.15, -0.1) is 0 Å². The summed E-state index contributed by atoms with van der Waals surface area (Å²) >= 11 is 0. The third-order valence-corrected chi connectivity index (χ3v) is 4.91. The van der Waals surface area contributed by atoms with Crippen LogP contribution in [0.25, 0.3) is 0 Å². The summed E-state index contributed by atoms with van der Waals surface area (Å²) in [5.74, 6) is 0.334. The first-order valence-corrected chi connectivity index (χ1v) is 9.87. The Balaban J connectivity index is 0.000000208. The average molecular weight is 370 g/mol. The van der Waals surface area contributed by atoms with Gasteiger partial charge in [-0.3, -0.25) is 0 Å². The SMILES string of the molecule is CCOC(=O)C1=CCC[C@@H]1c1ccccc1.CCOC(=O)C1=CCC[C@H]1C. The molecule has 0 saturated heterocycles. The monoisotopic (exact) mass is 370 g/mol. The Hall–Kier alpha value is -2.36. The zero-order valence-electron chi connectivity index (χ0n) is 16.6. The van der Waals surface area contributed by atoms with Gasteiger partial charge in [0.2, 0.25) is 0 Å². The number of carbonyl (C=O) groups is 2. The van der Waals surface area contributed by atoms with Crippen LogP contribution in [0.4, 0.5) is 0 Å². The van der Waals surface area contributed by atoms with Crippen LogP contribution in [-0.2, 0) is 19.1 Å². The normalized spacial score (nSPS) is 20.9. The molecule has 0 radical (unpaired) electrons. The van der Waals surface area contributed by atoms with E-state index < -0.39 is 0 Å². The predicted molar refractivity (Wildman–Crippen MR) is 106 cm³/mol. The van der Waals surface area contributed by atoms with E-state index in [0.717, 1.165) is 36.8 Å². The molecule has 0 spiro atoms. The Kier molecular flexibility index (Phi) is 8.31. The summed E-state index contributed by atoms with van der Waals surface area (Å²) in [5, 5.41) is 0. The fourth-order valence-electron chi connectivity index (χ4n) is 3.52. The van der Waals surface area contributed by atoms with Crippen molar-refractivity contribution < 1.29 is 19.1 Å². The summed E-state index contributed by atoms with van der Waals surface area (Å²) in [5.41, 5.74) is 2.90. The molecule has 27 heavy (non-hydrogen) atoms. The zero-order valence-corrected chi connectivity index (χ0v) is 16.6. The molecule has 2 aliphatic rings. The molecule has 146 valence electrons. The van der Waals surface area contributed by atoms with Crippen LogP contribution < -0.4 is 0 Å². The fraction of sp³-hybridized carbons (Fsp3) is 0.478. The highest BCUT2D eigenvalue weighted by atomic mass is 16.5. The Morgan fingerprint density at radius 1 is 0.889 bits per heavy atom. The first-order chi connectivity index (χ1) is 13.1. The van der Waals surface area contributed by atoms with Gasteiger partial charge in [0.1, 0.15) is 0 Å². The topological polar surface area (TPSA) is 52.6 Å². The van der Waals surface area contributed by atoms with Crippen molar-refractivity contribution in [2.24, 2.45) is 5.92 Å². The Morgan fingerprint density at radius 3 is 2.00 bits per heavy atom. The summed E-state index contributed by atoms with van der Waals surface area (Å²) in [7, 11) is 0. The van der Waals surface area contributed by atoms with Gasteiger partial charge in [0, 0.05) is 17.1 Å². The van der Waals surface area contributed by atoms with E-state index in [2.05, 4.69) is 19.1 Å². The van der Waals surface area contributed by atoms with Gasteiger partial charge >= 0.3 is 11.9 Å². The third-order valence-electron chi connectivity index (χ3n) is 4.91. The minimum atomic E-state index is -0.158. The van der Waals surface area contributed by atoms with Gasteiger partial charge in [0.15, 0.2) is 0 Å². The molecule has 2 atom stereocenters. The zero-order chi connectivity index (χ0) is 19.6. The lowest BCUT2D eigenvalue weighted by Gasteiger charge is -2.14. The molecule has 0 aliphatic heterocycles. The molecule has 2 aliphatic carbocycles. The summed E-state index contributed by atoms with van der Waals surface area (Å²) in [6, 6.07) is 10.2. The highest BCUT2D eigenvalue weighted by molar-refractivity contribution is 5.91. The Morgan fingerprint density at radius 2 is 1.44 bits per heavy atom. The molecular formula is C23H30O4. The van der Waals surface area contributed by atoms with Crippen molar-refractivity contribution in [2.75, 3.05) is 13.2 Å². The fourth-order valence-corrected chi connectivity index (χ4v) is 3.52. The van der Waals surface area contributed by atoms with E-state index in [-0.39, 0.29) is 17.9 Å². The van der Waals surface area contributed by atoms with Gasteiger partial charge in [-0.25, -0.2) is 9.59 Å². The Labute approximate surface area is 162 Å². The van der Waals surface area contributed by atoms with E-state index in [0.29, 0.717) is 19.1 Å². The van der Waals surface area contributed by atoms with Crippen LogP contribution in [0.2, 0.25) is 0 Å². The number of hydrogen-bond donors (Lipinski definition) is 0. The number of benzene rings is 1. The summed E-state index contributed by atoms with van der Waals surface area (Å²) in [6.07, 6.45) is 8.09. The molecule has 0 unspecified atom stereocenters. The molecule has 0 fully saturated rings. The minimum Gasteiger partial charge on any atom is -0.463 e. The van der Waals surface area contributed by atoms with Gasteiger partial charge in [-0.05, 0) is 51.0 Å². The molecule has 0 bridgehead atoms. The van der Waals surface area contributed by atoms with Crippen LogP contribution in [0.15, 0.2) is 53.6 Å². The molecule has 0 saturated carbocycles. The minimum absolute atomic E-state index is 0.127. The Bertz CT molecular complexity index is 688. The highest BCUT2D eigenvalue weighted by Crippen LogP contribution is 2.35. The van der Waals surface area contributed by atoms with E-state index >= 15 is 0 Å². The van der Waals surface area contributed by atoms with E-state index in [1.54, 1.807) is 0 Å². The van der Waals surface area contributed by atoms with Crippen LogP contribution in [0.1, 0.15) is 57.9 Å². The number of allylic oxidation sites excluding steroid dienone is 2. The second-order valence-corrected chi connectivity index (χ2v) is 6.78. The maximum Gasteiger partial charge on any atom is 0.334 e. The van der Waals surface area contributed by atoms with Crippen LogP contribution >= 0.6 is 0 Å². The number of esters is 2. The van der Waals surface area contributed by atoms with Crippen molar-refractivity contribution in [1.29, 1.82) is 0 Å². The van der Waals surface area contributed by atoms with Gasteiger partial charge in [0.25, 0.3) is 0 Å². The molecule has 0 heterocycles. The van der Waals surface area contributed by atoms with Gasteiger partial charge in [-0.2, -0.15) is 0 Å². The third kappa shape index (κ3) is 5.81. The molecule has 1 aromatic rings. The van der Waals surface area contributed by atoms with Crippen LogP contribution in [-0.4, -0.2) is 25.2 Å². The van der Waals surface area contributed by atoms with Gasteiger partial charge in [0.05, 0.1) is 13.2 Å². The van der Waals surface area contributed by atoms with E-state index in [9.17, 15) is 9.59 Å². The van der Waals surface area contributed by atoms with E-state index in [1.807, 2.05) is 44.2 Å². The summed E-state index contributed by atoms with van der Waals surface area (Å²) in [6.45, 7) is 6.65. The van der Waals surface area contributed by atoms with Crippen molar-refractivity contribution in [3.05, 3.63) is 59.2 Å². The molecule has 4 nitrogen and oxygen atoms in total. The molecule has 3 rings (SSSR count). The standard InChI is InChI=1S/C14H16O2.C9H14O2/c1-2-16-14(15)13-10-6-9-12(13)11-7-4-3-5-8-11;1-3-11-9(10)8-6-4-5-7(8)2/h3-5,7-8,10,12H,2,6,9H2,1H3;6-7H,3-5H2,1-2H3/t12-;7-/m11/s1. The number of ether oxygens (including phenoxy) is 2. The van der Waals surface area contributed by atoms with Crippen molar-refractivity contribution in [3.63, 3.8) is 0 Å². The molecule has 0 N–H and O–H groups in total. The maximum absolute atomic E-state index is 11.7. The van der Waals surface area contributed by atoms with Crippen molar-refractivity contribution in [1.82, 2.24) is 0 Å². The lowest BCUT2D eigenvalue weighted by Crippen LogP contribution is -2.12. The average Bonchev–Trinajstić information content (AvgIpc) is 3.32. The molecule has 4 heteroatoms. The van der Waals surface area contributed by atoms with E-state index in [4.69, 9.17) is 9.47 Å². The lowest BCUT2D eigenvalue weighted by molar-refractivity contribution is -0.139. The molecule has 1 aromatic carbocycles. The molecule has 0 aromatic heterocycles. The summed E-state index contributed by atoms with van der Waals surface area (Å²) < 4.78 is 9.96. The number of rotatable bonds is 5. The quantitative estimate of drug-likeness (QED) is 0.688. The largest absolute Gasteiger partial charge is 0.463 e. The van der Waals surface area contributed by atoms with Crippen LogP contribution in [0.5, 0.6) is 0 Å². The highest BCUT2D eigenvalue weighted by Gasteiger charge is 2.27. The van der Waals surface area contributed by atoms with Crippen molar-refractivity contribution in [3.8, 4) is 0 Å². The molecule has 0 amide bonds. The molecular weight excluding hydrogens is 340 g/mol. The number of carbonyl (C=O) groups excluding carboxylic acids is 2. The summed E-state index contributed by atoms with van der Waals surface area (Å²) in [4.78, 5) is 22.9. The van der Waals surface area contributed by atoms with Crippen molar-refractivity contribution in [2.45, 2.75) is 52.4 Å². The van der Waals surface area contributed by atoms with Gasteiger partial charge < -0.3 is 9.47 Å². The van der Waals surface area contributed by atoms with Crippen LogP contribution in [0.3, 0.4) is 0 Å². The smallest absolute Gasteiger partial charge is 0.334 e. The second-order valence-electron chi connectivity index (χ2n) is 6.78. The first kappa shape index (κ1) is 20.9. The second kappa shape index (κ2) is 10.7. The van der Waals surface area contributed by atoms with Gasteiger partial charge in [-0.1, -0.05) is 49.4 Å². The van der Waals surface area contributed by atoms with E-state index in [1.165, 1.54) is 5.56 Å². The first-order valence-electron chi connectivity index (χ1n) is 9.87. The van der Waals surface area contributed by atoms with Crippen LogP contribution in [0, 0.1) is 5.92 Å². The maximum atomic E-state index is 11.7. The van der Waals surface area contributed by atoms with Crippen molar-refractivity contribution >= 4 is 11.9 Å². The number of hydrogen-bond acceptors (Lipinski definition) is 4. The lowest BCUT2D eigenvalue weighted by atomic mass is 9.93. The predicted octanol–water partition coefficient (Wildman–Crippen LogP) is 4.96.